The monoisotopic (exact) mass is 348 g/mol. The lowest BCUT2D eigenvalue weighted by Crippen LogP contribution is -2.46. The third-order valence-corrected chi connectivity index (χ3v) is 6.33. The first-order valence-corrected chi connectivity index (χ1v) is 9.85. The van der Waals surface area contributed by atoms with Crippen LogP contribution in [0.15, 0.2) is 54.6 Å². The fraction of sp³-hybridized carbons (Fsp3) is 0.435. The summed E-state index contributed by atoms with van der Waals surface area (Å²) in [4.78, 5) is 15.1. The molecule has 0 radical (unpaired) electrons. The molecule has 1 N–H and O–H groups in total. The smallest absolute Gasteiger partial charge is 0.256 e. The number of benzene rings is 2. The van der Waals surface area contributed by atoms with Crippen LogP contribution in [0.1, 0.15) is 60.8 Å². The third kappa shape index (κ3) is 3.16. The second-order valence-electron chi connectivity index (χ2n) is 7.95. The van der Waals surface area contributed by atoms with Crippen molar-refractivity contribution in [1.82, 2.24) is 10.2 Å². The number of carbonyl (C=O) groups excluding carboxylic acids is 1. The van der Waals surface area contributed by atoms with Gasteiger partial charge in [0, 0.05) is 23.7 Å². The summed E-state index contributed by atoms with van der Waals surface area (Å²) in [5, 5.41) is 3.86. The summed E-state index contributed by atoms with van der Waals surface area (Å²) in [6.07, 6.45) is 3.74. The van der Waals surface area contributed by atoms with Crippen LogP contribution in [0.25, 0.3) is 0 Å². The van der Waals surface area contributed by atoms with Crippen molar-refractivity contribution in [3.8, 4) is 0 Å². The van der Waals surface area contributed by atoms with Gasteiger partial charge in [0.1, 0.15) is 6.17 Å². The average molecular weight is 348 g/mol. The Morgan fingerprint density at radius 2 is 1.73 bits per heavy atom. The number of rotatable bonds is 4. The number of hydrogen-bond donors (Lipinski definition) is 1. The van der Waals surface area contributed by atoms with Crippen molar-refractivity contribution in [2.75, 3.05) is 0 Å². The largest absolute Gasteiger partial charge is 0.315 e. The zero-order valence-corrected chi connectivity index (χ0v) is 15.7. The van der Waals surface area contributed by atoms with Crippen LogP contribution in [-0.2, 0) is 6.54 Å². The number of carbonyl (C=O) groups is 1. The first kappa shape index (κ1) is 17.3. The highest BCUT2D eigenvalue weighted by Gasteiger charge is 2.39. The summed E-state index contributed by atoms with van der Waals surface area (Å²) < 4.78 is 0. The van der Waals surface area contributed by atoms with E-state index in [4.69, 9.17) is 0 Å². The predicted molar refractivity (Wildman–Crippen MR) is 105 cm³/mol. The number of nitrogens with zero attached hydrogens (tertiary/aromatic N) is 1. The van der Waals surface area contributed by atoms with Gasteiger partial charge in [-0.15, -0.1) is 0 Å². The van der Waals surface area contributed by atoms with Crippen LogP contribution in [0.3, 0.4) is 0 Å². The van der Waals surface area contributed by atoms with E-state index in [1.54, 1.807) is 0 Å². The molecule has 4 atom stereocenters. The van der Waals surface area contributed by atoms with Gasteiger partial charge in [-0.25, -0.2) is 0 Å². The molecule has 136 valence electrons. The normalized spacial score (nSPS) is 28.2. The molecule has 1 amide bonds. The molecule has 1 fully saturated rings. The van der Waals surface area contributed by atoms with E-state index in [0.29, 0.717) is 18.5 Å². The SMILES string of the molecule is C[C@@H]1[C@H](C)CCC[C@H]1N[C@@H]1c2ccccc2C(=O)N1Cc1ccccc1. The molecule has 1 aliphatic heterocycles. The molecule has 2 aromatic carbocycles. The van der Waals surface area contributed by atoms with Crippen LogP contribution >= 0.6 is 0 Å². The maximum absolute atomic E-state index is 13.1. The third-order valence-electron chi connectivity index (χ3n) is 6.33. The molecule has 1 saturated carbocycles. The van der Waals surface area contributed by atoms with Crippen molar-refractivity contribution >= 4 is 5.91 Å². The van der Waals surface area contributed by atoms with Gasteiger partial charge in [-0.3, -0.25) is 10.1 Å². The Labute approximate surface area is 156 Å². The Kier molecular flexibility index (Phi) is 4.82. The summed E-state index contributed by atoms with van der Waals surface area (Å²) >= 11 is 0. The van der Waals surface area contributed by atoms with Crippen LogP contribution in [0.5, 0.6) is 0 Å². The predicted octanol–water partition coefficient (Wildman–Crippen LogP) is 4.76. The Balaban J connectivity index is 1.62. The summed E-state index contributed by atoms with van der Waals surface area (Å²) in [5.41, 5.74) is 3.14. The van der Waals surface area contributed by atoms with Crippen LogP contribution in [0.4, 0.5) is 0 Å². The van der Waals surface area contributed by atoms with E-state index in [0.717, 1.165) is 17.0 Å². The molecule has 0 saturated heterocycles. The van der Waals surface area contributed by atoms with Gasteiger partial charge in [0.25, 0.3) is 5.91 Å². The summed E-state index contributed by atoms with van der Waals surface area (Å²) in [7, 11) is 0. The Bertz CT molecular complexity index is 773. The first-order chi connectivity index (χ1) is 12.6. The molecule has 0 bridgehead atoms. The lowest BCUT2D eigenvalue weighted by atomic mass is 9.78. The highest BCUT2D eigenvalue weighted by atomic mass is 16.2. The minimum atomic E-state index is -0.0309. The van der Waals surface area contributed by atoms with Crippen LogP contribution < -0.4 is 5.32 Å². The molecule has 0 aromatic heterocycles. The highest BCUT2D eigenvalue weighted by Crippen LogP contribution is 2.36. The number of hydrogen-bond acceptors (Lipinski definition) is 2. The van der Waals surface area contributed by atoms with Gasteiger partial charge >= 0.3 is 0 Å². The van der Waals surface area contributed by atoms with E-state index in [1.807, 2.05) is 41.3 Å². The molecule has 3 heteroatoms. The van der Waals surface area contributed by atoms with Gasteiger partial charge in [-0.1, -0.05) is 75.2 Å². The van der Waals surface area contributed by atoms with Gasteiger partial charge in [0.15, 0.2) is 0 Å². The average Bonchev–Trinajstić information content (AvgIpc) is 2.92. The molecule has 0 unspecified atom stereocenters. The topological polar surface area (TPSA) is 32.3 Å². The molecule has 2 aliphatic rings. The summed E-state index contributed by atoms with van der Waals surface area (Å²) in [6.45, 7) is 5.35. The highest BCUT2D eigenvalue weighted by molar-refractivity contribution is 5.99. The fourth-order valence-electron chi connectivity index (χ4n) is 4.51. The van der Waals surface area contributed by atoms with Gasteiger partial charge < -0.3 is 4.90 Å². The maximum atomic E-state index is 13.1. The first-order valence-electron chi connectivity index (χ1n) is 9.85. The van der Waals surface area contributed by atoms with E-state index in [-0.39, 0.29) is 12.1 Å². The number of amides is 1. The van der Waals surface area contributed by atoms with Crippen molar-refractivity contribution in [2.45, 2.75) is 51.9 Å². The Morgan fingerprint density at radius 1 is 1.00 bits per heavy atom. The molecule has 3 nitrogen and oxygen atoms in total. The molecule has 2 aromatic rings. The second kappa shape index (κ2) is 7.24. The van der Waals surface area contributed by atoms with Crippen molar-refractivity contribution < 1.29 is 4.79 Å². The summed E-state index contributed by atoms with van der Waals surface area (Å²) in [6, 6.07) is 18.8. The van der Waals surface area contributed by atoms with Crippen molar-refractivity contribution in [3.05, 3.63) is 71.3 Å². The van der Waals surface area contributed by atoms with E-state index in [2.05, 4.69) is 37.4 Å². The maximum Gasteiger partial charge on any atom is 0.256 e. The fourth-order valence-corrected chi connectivity index (χ4v) is 4.51. The molecular weight excluding hydrogens is 320 g/mol. The van der Waals surface area contributed by atoms with Gasteiger partial charge in [-0.2, -0.15) is 0 Å². The molecule has 1 heterocycles. The summed E-state index contributed by atoms with van der Waals surface area (Å²) in [5.74, 6) is 1.50. The van der Waals surface area contributed by atoms with Crippen LogP contribution in [0, 0.1) is 11.8 Å². The lowest BCUT2D eigenvalue weighted by Gasteiger charge is -2.38. The Hall–Kier alpha value is -2.13. The van der Waals surface area contributed by atoms with Gasteiger partial charge in [0.05, 0.1) is 0 Å². The molecule has 4 rings (SSSR count). The van der Waals surface area contributed by atoms with Crippen molar-refractivity contribution in [3.63, 3.8) is 0 Å². The molecular formula is C23H28N2O. The number of nitrogens with one attached hydrogen (secondary N) is 1. The van der Waals surface area contributed by atoms with Crippen LogP contribution in [-0.4, -0.2) is 16.8 Å². The zero-order valence-electron chi connectivity index (χ0n) is 15.7. The molecule has 0 spiro atoms. The second-order valence-corrected chi connectivity index (χ2v) is 7.95. The lowest BCUT2D eigenvalue weighted by molar-refractivity contribution is 0.0623. The molecule has 26 heavy (non-hydrogen) atoms. The van der Waals surface area contributed by atoms with E-state index >= 15 is 0 Å². The Morgan fingerprint density at radius 3 is 2.54 bits per heavy atom. The quantitative estimate of drug-likeness (QED) is 0.864. The van der Waals surface area contributed by atoms with E-state index in [1.165, 1.54) is 24.8 Å². The molecule has 1 aliphatic carbocycles. The van der Waals surface area contributed by atoms with Crippen molar-refractivity contribution in [1.29, 1.82) is 0 Å². The number of fused-ring (bicyclic) bond motifs is 1. The minimum absolute atomic E-state index is 0.0309. The standard InChI is InChI=1S/C23H28N2O/c1-16-9-8-14-21(17(16)2)24-22-19-12-6-7-13-20(19)23(26)25(22)15-18-10-4-3-5-11-18/h3-7,10-13,16-17,21-22,24H,8-9,14-15H2,1-2H3/t16-,17-,21-,22+/m1/s1. The van der Waals surface area contributed by atoms with Crippen LogP contribution in [0.2, 0.25) is 0 Å². The van der Waals surface area contributed by atoms with Gasteiger partial charge in [0.2, 0.25) is 0 Å². The minimum Gasteiger partial charge on any atom is -0.315 e. The van der Waals surface area contributed by atoms with E-state index in [9.17, 15) is 4.79 Å². The van der Waals surface area contributed by atoms with Crippen molar-refractivity contribution in [2.24, 2.45) is 11.8 Å². The van der Waals surface area contributed by atoms with Gasteiger partial charge in [-0.05, 0) is 29.9 Å². The zero-order chi connectivity index (χ0) is 18.1. The van der Waals surface area contributed by atoms with E-state index < -0.39 is 0 Å².